The van der Waals surface area contributed by atoms with E-state index in [2.05, 4.69) is 9.97 Å². The zero-order valence-electron chi connectivity index (χ0n) is 30.4. The molecule has 1 aliphatic rings. The quantitative estimate of drug-likeness (QED) is 0.0929. The van der Waals surface area contributed by atoms with Crippen molar-refractivity contribution in [1.29, 1.82) is 0 Å². The average molecular weight is 786 g/mol. The number of rotatable bonds is 10. The Kier molecular flexibility index (Phi) is 11.5. The van der Waals surface area contributed by atoms with Crippen molar-refractivity contribution < 1.29 is 33.6 Å². The van der Waals surface area contributed by atoms with Gasteiger partial charge in [0, 0.05) is 59.5 Å². The van der Waals surface area contributed by atoms with Crippen LogP contribution in [0.5, 0.6) is 17.2 Å². The van der Waals surface area contributed by atoms with Gasteiger partial charge in [-0.05, 0) is 78.7 Å². The molecule has 0 atom stereocenters. The summed E-state index contributed by atoms with van der Waals surface area (Å²) in [6.45, 7) is 2.22. The van der Waals surface area contributed by atoms with Crippen molar-refractivity contribution in [3.05, 3.63) is 123 Å². The number of carboxylic acids is 1. The predicted molar refractivity (Wildman–Crippen MR) is 210 cm³/mol. The molecule has 5 N–H and O–H groups in total. The lowest BCUT2D eigenvalue weighted by atomic mass is 10.1. The number of carboxylic acid groups (broad SMARTS) is 1. The number of anilines is 2. The number of nitrogen functional groups attached to an aromatic ring is 2. The van der Waals surface area contributed by atoms with E-state index < -0.39 is 11.9 Å². The van der Waals surface area contributed by atoms with Gasteiger partial charge in [0.25, 0.3) is 0 Å². The summed E-state index contributed by atoms with van der Waals surface area (Å²) in [5.74, 6) is 1.82. The number of nitrogens with zero attached hydrogens (tertiary/aromatic N) is 4. The number of ether oxygens (including phenoxy) is 4. The average Bonchev–Trinajstić information content (AvgIpc) is 3.84. The molecule has 0 spiro atoms. The number of carbonyl (C=O) groups is 2. The summed E-state index contributed by atoms with van der Waals surface area (Å²) >= 11 is 12.0. The van der Waals surface area contributed by atoms with E-state index in [9.17, 15) is 14.7 Å². The van der Waals surface area contributed by atoms with Crippen LogP contribution in [-0.4, -0.2) is 56.7 Å². The van der Waals surface area contributed by atoms with E-state index in [1.165, 1.54) is 0 Å². The van der Waals surface area contributed by atoms with Gasteiger partial charge in [0.15, 0.2) is 22.9 Å². The number of nitrogens with two attached hydrogens (primary N) is 2. The number of methoxy groups -OCH3 is 1. The summed E-state index contributed by atoms with van der Waals surface area (Å²) < 4.78 is 24.8. The first-order valence-electron chi connectivity index (χ1n) is 17.0. The summed E-state index contributed by atoms with van der Waals surface area (Å²) in [5.41, 5.74) is 17.5. The van der Waals surface area contributed by atoms with Gasteiger partial charge in [0.05, 0.1) is 25.1 Å². The fourth-order valence-electron chi connectivity index (χ4n) is 6.21. The van der Waals surface area contributed by atoms with Crippen molar-refractivity contribution in [2.24, 2.45) is 14.1 Å². The topological polar surface area (TPSA) is 179 Å². The predicted octanol–water partition coefficient (Wildman–Crippen LogP) is 7.44. The Balaban J connectivity index is 0.000000187. The van der Waals surface area contributed by atoms with Gasteiger partial charge in [-0.2, -0.15) is 0 Å². The van der Waals surface area contributed by atoms with E-state index in [1.54, 1.807) is 62.0 Å². The van der Waals surface area contributed by atoms with Crippen LogP contribution in [0.15, 0.2) is 78.9 Å². The molecule has 0 bridgehead atoms. The summed E-state index contributed by atoms with van der Waals surface area (Å²) in [4.78, 5) is 33.2. The maximum absolute atomic E-state index is 12.6. The second-order valence-corrected chi connectivity index (χ2v) is 13.3. The molecule has 3 heterocycles. The maximum atomic E-state index is 12.6. The minimum atomic E-state index is -1.12. The number of aromatic carboxylic acids is 1. The van der Waals surface area contributed by atoms with E-state index in [0.29, 0.717) is 79.9 Å². The molecule has 0 fully saturated rings. The van der Waals surface area contributed by atoms with E-state index in [1.807, 2.05) is 54.1 Å². The third-order valence-corrected chi connectivity index (χ3v) is 9.35. The van der Waals surface area contributed by atoms with Crippen molar-refractivity contribution in [3.63, 3.8) is 0 Å². The van der Waals surface area contributed by atoms with Crippen LogP contribution in [0.4, 0.5) is 11.4 Å². The Bertz CT molecular complexity index is 2410. The highest BCUT2D eigenvalue weighted by atomic mass is 35.5. The molecule has 0 radical (unpaired) electrons. The Morgan fingerprint density at radius 3 is 1.91 bits per heavy atom. The molecule has 4 aromatic carbocycles. The first-order chi connectivity index (χ1) is 26.4. The maximum Gasteiger partial charge on any atom is 0.359 e. The number of hydrogen-bond donors (Lipinski definition) is 3. The zero-order chi connectivity index (χ0) is 39.4. The van der Waals surface area contributed by atoms with Gasteiger partial charge in [0.2, 0.25) is 6.79 Å². The summed E-state index contributed by atoms with van der Waals surface area (Å²) in [7, 11) is 5.25. The molecule has 0 amide bonds. The highest BCUT2D eigenvalue weighted by Gasteiger charge is 2.26. The lowest BCUT2D eigenvalue weighted by molar-refractivity contribution is 0.0520. The van der Waals surface area contributed by atoms with Crippen LogP contribution in [0.1, 0.15) is 50.7 Å². The van der Waals surface area contributed by atoms with E-state index in [0.717, 1.165) is 16.9 Å². The van der Waals surface area contributed by atoms with Crippen molar-refractivity contribution in [2.75, 3.05) is 32.0 Å². The molecule has 6 aromatic rings. The molecule has 13 nitrogen and oxygen atoms in total. The number of benzene rings is 4. The number of aromatic nitrogens is 4. The van der Waals surface area contributed by atoms with Gasteiger partial charge in [-0.1, -0.05) is 41.4 Å². The molecule has 55 heavy (non-hydrogen) atoms. The largest absolute Gasteiger partial charge is 0.497 e. The second kappa shape index (κ2) is 16.5. The van der Waals surface area contributed by atoms with Crippen LogP contribution in [0.25, 0.3) is 22.5 Å². The van der Waals surface area contributed by atoms with Gasteiger partial charge < -0.3 is 44.7 Å². The number of esters is 1. The standard InChI is InChI=1S/C21H22ClN3O3.C19H16ClN3O4/c1-4-28-21(26)19-20(16-9-8-14(22)12-17(16)23)25(2)18(24-19)11-13-6-5-7-15(10-13)27-3;1-23-16(7-10-2-5-14-15(6-10)27-9-26-14)22-17(19(24)25)18(23)12-4-3-11(20)8-13(12)21/h5-10,12H,4,11,23H2,1-3H3;2-6,8H,7,9,21H2,1H3,(H,24,25). The molecule has 7 rings (SSSR count). The van der Waals surface area contributed by atoms with Crippen LogP contribution in [0.3, 0.4) is 0 Å². The molecular weight excluding hydrogens is 747 g/mol. The highest BCUT2D eigenvalue weighted by molar-refractivity contribution is 6.31. The molecule has 2 aromatic heterocycles. The fraction of sp³-hybridized carbons (Fsp3) is 0.200. The van der Waals surface area contributed by atoms with Crippen molar-refractivity contribution in [2.45, 2.75) is 19.8 Å². The van der Waals surface area contributed by atoms with Crippen LogP contribution >= 0.6 is 23.2 Å². The fourth-order valence-corrected chi connectivity index (χ4v) is 6.57. The van der Waals surface area contributed by atoms with Crippen LogP contribution in [0.2, 0.25) is 10.0 Å². The molecular formula is C40H38Cl2N6O7. The molecule has 0 aliphatic carbocycles. The number of imidazole rings is 2. The smallest absolute Gasteiger partial charge is 0.359 e. The molecule has 0 saturated carbocycles. The van der Waals surface area contributed by atoms with Gasteiger partial charge >= 0.3 is 11.9 Å². The molecule has 15 heteroatoms. The summed E-state index contributed by atoms with van der Waals surface area (Å²) in [5, 5.41) is 10.6. The molecule has 284 valence electrons. The molecule has 0 unspecified atom stereocenters. The first kappa shape index (κ1) is 38.5. The summed E-state index contributed by atoms with van der Waals surface area (Å²) in [6, 6.07) is 23.5. The lowest BCUT2D eigenvalue weighted by Crippen LogP contribution is -2.08. The number of fused-ring (bicyclic) bond motifs is 1. The Morgan fingerprint density at radius 2 is 1.35 bits per heavy atom. The van der Waals surface area contributed by atoms with E-state index >= 15 is 0 Å². The number of halogens is 2. The van der Waals surface area contributed by atoms with Gasteiger partial charge in [0.1, 0.15) is 17.4 Å². The van der Waals surface area contributed by atoms with Crippen LogP contribution in [0, 0.1) is 0 Å². The first-order valence-corrected chi connectivity index (χ1v) is 17.8. The molecule has 0 saturated heterocycles. The van der Waals surface area contributed by atoms with Crippen LogP contribution in [-0.2, 0) is 31.7 Å². The van der Waals surface area contributed by atoms with Gasteiger partial charge in [-0.3, -0.25) is 0 Å². The van der Waals surface area contributed by atoms with Crippen molar-refractivity contribution in [3.8, 4) is 39.8 Å². The van der Waals surface area contributed by atoms with Gasteiger partial charge in [-0.25, -0.2) is 19.6 Å². The Morgan fingerprint density at radius 1 is 0.782 bits per heavy atom. The Hall–Kier alpha value is -6.18. The third-order valence-electron chi connectivity index (χ3n) is 8.88. The highest BCUT2D eigenvalue weighted by Crippen LogP contribution is 2.36. The van der Waals surface area contributed by atoms with Crippen molar-refractivity contribution in [1.82, 2.24) is 19.1 Å². The number of carbonyl (C=O) groups excluding carboxylic acids is 1. The summed E-state index contributed by atoms with van der Waals surface area (Å²) in [6.07, 6.45) is 0.953. The van der Waals surface area contributed by atoms with Crippen molar-refractivity contribution >= 4 is 46.5 Å². The number of hydrogen-bond acceptors (Lipinski definition) is 10. The zero-order valence-corrected chi connectivity index (χ0v) is 31.9. The minimum Gasteiger partial charge on any atom is -0.497 e. The lowest BCUT2D eigenvalue weighted by Gasteiger charge is -2.11. The third kappa shape index (κ3) is 8.32. The second-order valence-electron chi connectivity index (χ2n) is 12.4. The Labute approximate surface area is 327 Å². The van der Waals surface area contributed by atoms with Crippen LogP contribution < -0.4 is 25.7 Å². The monoisotopic (exact) mass is 784 g/mol. The minimum absolute atomic E-state index is 0.0535. The van der Waals surface area contributed by atoms with E-state index in [4.69, 9.17) is 53.6 Å². The molecule has 1 aliphatic heterocycles. The SMILES string of the molecule is CCOC(=O)c1nc(Cc2cccc(OC)c2)n(C)c1-c1ccc(Cl)cc1N.Cn1c(Cc2ccc3c(c2)OCO3)nc(C(=O)O)c1-c1ccc(Cl)cc1N. The normalized spacial score (nSPS) is 11.5. The van der Waals surface area contributed by atoms with Gasteiger partial charge in [-0.15, -0.1) is 0 Å². The van der Waals surface area contributed by atoms with E-state index in [-0.39, 0.29) is 24.8 Å².